The number of benzene rings is 1. The summed E-state index contributed by atoms with van der Waals surface area (Å²) in [5, 5.41) is 12.3. The van der Waals surface area contributed by atoms with Gasteiger partial charge in [-0.05, 0) is 29.1 Å². The van der Waals surface area contributed by atoms with Gasteiger partial charge >= 0.3 is 0 Å². The normalized spacial score (nSPS) is 11.5. The molecule has 0 aliphatic carbocycles. The summed E-state index contributed by atoms with van der Waals surface area (Å²) in [4.78, 5) is 30.5. The summed E-state index contributed by atoms with van der Waals surface area (Å²) in [6, 6.07) is 8.79. The van der Waals surface area contributed by atoms with Crippen LogP contribution in [0.4, 0.5) is 0 Å². The van der Waals surface area contributed by atoms with Gasteiger partial charge in [-0.25, -0.2) is 0 Å². The number of nitrogens with one attached hydrogen (secondary N) is 1. The number of thiophene rings is 1. The van der Waals surface area contributed by atoms with Crippen molar-refractivity contribution in [3.8, 4) is 6.07 Å². The van der Waals surface area contributed by atoms with Gasteiger partial charge in [0.2, 0.25) is 0 Å². The van der Waals surface area contributed by atoms with Gasteiger partial charge in [-0.3, -0.25) is 4.79 Å². The Labute approximate surface area is 128 Å². The Morgan fingerprint density at radius 2 is 2.05 bits per heavy atom. The van der Waals surface area contributed by atoms with Gasteiger partial charge in [-0.15, -0.1) is 11.3 Å². The second kappa shape index (κ2) is 8.06. The fourth-order valence-electron chi connectivity index (χ4n) is 1.73. The van der Waals surface area contributed by atoms with E-state index in [1.54, 1.807) is 31.3 Å². The first-order valence-electron chi connectivity index (χ1n) is 6.39. The lowest BCUT2D eigenvalue weighted by atomic mass is 10.1. The van der Waals surface area contributed by atoms with Crippen LogP contribution in [0.1, 0.15) is 34.7 Å². The number of rotatable bonds is 3. The number of carbonyl (C=O) groups excluding carboxylic acids is 1. The fourth-order valence-corrected chi connectivity index (χ4v) is 3.25. The van der Waals surface area contributed by atoms with E-state index in [1.807, 2.05) is 19.9 Å². The number of carbonyl (C=O) groups is 1. The number of hydrogen-bond acceptors (Lipinski definition) is 5. The van der Waals surface area contributed by atoms with Crippen LogP contribution in [0.5, 0.6) is 0 Å². The van der Waals surface area contributed by atoms with Crippen LogP contribution >= 0.6 is 19.7 Å². The first-order valence-corrected chi connectivity index (χ1v) is 8.52. The van der Waals surface area contributed by atoms with Crippen molar-refractivity contribution < 1.29 is 14.6 Å². The average Bonchev–Trinajstić information content (AvgIpc) is 2.92. The summed E-state index contributed by atoms with van der Waals surface area (Å²) in [7, 11) is -0.777. The molecule has 1 atom stereocenters. The van der Waals surface area contributed by atoms with Crippen molar-refractivity contribution in [2.24, 2.45) is 0 Å². The number of amides is 1. The molecule has 2 aromatic rings. The van der Waals surface area contributed by atoms with Crippen LogP contribution in [0, 0.1) is 11.3 Å². The topological polar surface area (TPSA) is 93.4 Å². The van der Waals surface area contributed by atoms with Gasteiger partial charge in [0.1, 0.15) is 5.66 Å². The summed E-state index contributed by atoms with van der Waals surface area (Å²) in [6.45, 7) is 4.00. The largest absolute Gasteiger partial charge is 0.354 e. The molecule has 0 radical (unpaired) electrons. The molecule has 0 aliphatic rings. The molecule has 0 saturated heterocycles. The van der Waals surface area contributed by atoms with E-state index in [1.165, 1.54) is 11.3 Å². The molecule has 1 heterocycles. The van der Waals surface area contributed by atoms with Crippen molar-refractivity contribution in [2.75, 3.05) is 7.05 Å². The molecule has 7 heteroatoms. The van der Waals surface area contributed by atoms with Crippen molar-refractivity contribution >= 4 is 35.7 Å². The van der Waals surface area contributed by atoms with Gasteiger partial charge in [0.15, 0.2) is 8.38 Å². The molecule has 0 spiro atoms. The first kappa shape index (κ1) is 17.5. The van der Waals surface area contributed by atoms with Crippen molar-refractivity contribution in [2.45, 2.75) is 19.5 Å². The van der Waals surface area contributed by atoms with Gasteiger partial charge in [0, 0.05) is 11.7 Å². The van der Waals surface area contributed by atoms with Crippen LogP contribution in [0.15, 0.2) is 24.3 Å². The van der Waals surface area contributed by atoms with Crippen LogP contribution in [0.3, 0.4) is 0 Å². The molecule has 0 aliphatic heterocycles. The lowest BCUT2D eigenvalue weighted by Gasteiger charge is -2.09. The molecule has 3 N–H and O–H groups in total. The molecular formula is C14H17N2O3PS. The Morgan fingerprint density at radius 3 is 2.57 bits per heavy atom. The minimum atomic E-state index is -2.34. The van der Waals surface area contributed by atoms with E-state index in [-0.39, 0.29) is 5.91 Å². The molecule has 0 bridgehead atoms. The van der Waals surface area contributed by atoms with Gasteiger partial charge in [-0.1, -0.05) is 19.9 Å². The lowest BCUT2D eigenvalue weighted by Crippen LogP contribution is -2.15. The molecule has 21 heavy (non-hydrogen) atoms. The van der Waals surface area contributed by atoms with Crippen LogP contribution in [0.25, 0.3) is 10.1 Å². The van der Waals surface area contributed by atoms with E-state index in [9.17, 15) is 14.6 Å². The van der Waals surface area contributed by atoms with Gasteiger partial charge in [0.25, 0.3) is 5.91 Å². The Balaban J connectivity index is 0.00000106. The Bertz CT molecular complexity index is 664. The smallest absolute Gasteiger partial charge is 0.261 e. The van der Waals surface area contributed by atoms with Crippen molar-refractivity contribution in [1.29, 1.82) is 5.26 Å². The fraction of sp³-hybridized carbons (Fsp3) is 0.286. The maximum atomic E-state index is 11.5. The van der Waals surface area contributed by atoms with Crippen molar-refractivity contribution in [3.63, 3.8) is 0 Å². The van der Waals surface area contributed by atoms with Crippen LogP contribution in [-0.4, -0.2) is 22.7 Å². The van der Waals surface area contributed by atoms with E-state index in [0.717, 1.165) is 10.1 Å². The molecule has 1 unspecified atom stereocenters. The highest BCUT2D eigenvalue weighted by Crippen LogP contribution is 2.44. The maximum Gasteiger partial charge on any atom is 0.261 e. The zero-order chi connectivity index (χ0) is 16.0. The predicted molar refractivity (Wildman–Crippen MR) is 86.3 cm³/mol. The molecule has 1 aromatic carbocycles. The van der Waals surface area contributed by atoms with Crippen LogP contribution < -0.4 is 5.32 Å². The number of fused-ring (bicyclic) bond motifs is 1. The molecule has 2 rings (SSSR count). The number of nitrogens with zero attached hydrogens (tertiary/aromatic N) is 1. The third-order valence-electron chi connectivity index (χ3n) is 2.66. The zero-order valence-electron chi connectivity index (χ0n) is 12.0. The second-order valence-electron chi connectivity index (χ2n) is 3.84. The maximum absolute atomic E-state index is 11.5. The summed E-state index contributed by atoms with van der Waals surface area (Å²) in [6.07, 6.45) is 0. The highest BCUT2D eigenvalue weighted by Gasteiger charge is 2.20. The molecule has 0 saturated carbocycles. The second-order valence-corrected chi connectivity index (χ2v) is 6.08. The monoisotopic (exact) mass is 324 g/mol. The SMILES string of the molecule is CC.CNC(=O)c1cc2cc(C(C#N)P(O)O)ccc2s1. The van der Waals surface area contributed by atoms with E-state index in [2.05, 4.69) is 5.32 Å². The molecule has 112 valence electrons. The molecule has 0 fully saturated rings. The summed E-state index contributed by atoms with van der Waals surface area (Å²) in [5.74, 6) is -0.161. The highest BCUT2D eigenvalue weighted by molar-refractivity contribution is 7.45. The Hall–Kier alpha value is -1.51. The van der Waals surface area contributed by atoms with E-state index < -0.39 is 14.0 Å². The van der Waals surface area contributed by atoms with Gasteiger partial charge < -0.3 is 15.1 Å². The van der Waals surface area contributed by atoms with Gasteiger partial charge in [-0.2, -0.15) is 5.26 Å². The minimum Gasteiger partial charge on any atom is -0.354 e. The molecule has 1 aromatic heterocycles. The predicted octanol–water partition coefficient (Wildman–Crippen LogP) is 3.15. The van der Waals surface area contributed by atoms with E-state index >= 15 is 0 Å². The third-order valence-corrected chi connectivity index (χ3v) is 4.65. The number of nitriles is 1. The average molecular weight is 324 g/mol. The van der Waals surface area contributed by atoms with Crippen molar-refractivity contribution in [3.05, 3.63) is 34.7 Å². The van der Waals surface area contributed by atoms with Crippen molar-refractivity contribution in [1.82, 2.24) is 5.32 Å². The summed E-state index contributed by atoms with van der Waals surface area (Å²) < 4.78 is 0.916. The quantitative estimate of drug-likeness (QED) is 0.756. The molecule has 1 amide bonds. The molecular weight excluding hydrogens is 307 g/mol. The standard InChI is InChI=1S/C12H11N2O3PS.C2H6/c1-14-12(15)11-5-8-4-7(2-3-10(8)19-11)9(6-13)18(16)17;1-2/h2-5,9,16-17H,1H3,(H,14,15);1-2H3. The first-order chi connectivity index (χ1) is 10.1. The zero-order valence-corrected chi connectivity index (χ0v) is 13.7. The Morgan fingerprint density at radius 1 is 1.38 bits per heavy atom. The summed E-state index contributed by atoms with van der Waals surface area (Å²) in [5.41, 5.74) is -0.380. The molecule has 5 nitrogen and oxygen atoms in total. The Kier molecular flexibility index (Phi) is 6.73. The van der Waals surface area contributed by atoms with Crippen LogP contribution in [0.2, 0.25) is 0 Å². The number of hydrogen-bond donors (Lipinski definition) is 3. The summed E-state index contributed by atoms with van der Waals surface area (Å²) >= 11 is 1.35. The van der Waals surface area contributed by atoms with E-state index in [4.69, 9.17) is 5.26 Å². The van der Waals surface area contributed by atoms with Crippen LogP contribution in [-0.2, 0) is 0 Å². The highest BCUT2D eigenvalue weighted by atomic mass is 32.1. The third kappa shape index (κ3) is 3.99. The minimum absolute atomic E-state index is 0.161. The van der Waals surface area contributed by atoms with Gasteiger partial charge in [0.05, 0.1) is 10.9 Å². The van der Waals surface area contributed by atoms with E-state index in [0.29, 0.717) is 10.4 Å². The lowest BCUT2D eigenvalue weighted by molar-refractivity contribution is 0.0967.